The second-order valence-electron chi connectivity index (χ2n) is 8.84. The number of aliphatic hydroxyl groups excluding tert-OH is 4. The molecular formula is C23H44O11. The van der Waals surface area contributed by atoms with Gasteiger partial charge in [0.05, 0.1) is 13.2 Å². The molecule has 2 aliphatic rings. The molecule has 4 N–H and O–H groups in total. The highest BCUT2D eigenvalue weighted by atomic mass is 16.8. The molecule has 2 rings (SSSR count). The minimum Gasteiger partial charge on any atom is -0.394 e. The van der Waals surface area contributed by atoms with E-state index < -0.39 is 68.0 Å². The predicted octanol–water partition coefficient (Wildman–Crippen LogP) is -0.0501. The molecule has 0 aromatic heterocycles. The molecule has 0 spiro atoms. The summed E-state index contributed by atoms with van der Waals surface area (Å²) >= 11 is 0. The van der Waals surface area contributed by atoms with Crippen molar-refractivity contribution in [3.05, 3.63) is 0 Å². The molecule has 2 aliphatic heterocycles. The summed E-state index contributed by atoms with van der Waals surface area (Å²) in [5.41, 5.74) is 0. The maximum atomic E-state index is 10.4. The Morgan fingerprint density at radius 1 is 0.824 bits per heavy atom. The number of ether oxygens (including phenoxy) is 7. The number of hydrogen-bond acceptors (Lipinski definition) is 11. The number of rotatable bonds is 17. The van der Waals surface area contributed by atoms with Crippen LogP contribution in [0.15, 0.2) is 0 Å². The highest BCUT2D eigenvalue weighted by Gasteiger charge is 2.53. The van der Waals surface area contributed by atoms with Crippen molar-refractivity contribution < 1.29 is 53.6 Å². The van der Waals surface area contributed by atoms with Crippen LogP contribution in [0.2, 0.25) is 0 Å². The van der Waals surface area contributed by atoms with Crippen molar-refractivity contribution in [1.29, 1.82) is 0 Å². The van der Waals surface area contributed by atoms with Crippen LogP contribution in [0.5, 0.6) is 0 Å². The van der Waals surface area contributed by atoms with E-state index in [1.807, 2.05) is 0 Å². The van der Waals surface area contributed by atoms with Gasteiger partial charge in [-0.05, 0) is 6.42 Å². The molecule has 2 heterocycles. The summed E-state index contributed by atoms with van der Waals surface area (Å²) in [5.74, 6) is 0. The van der Waals surface area contributed by atoms with E-state index in [2.05, 4.69) is 6.92 Å². The molecule has 0 amide bonds. The number of methoxy groups -OCH3 is 3. The topological polar surface area (TPSA) is 146 Å². The Labute approximate surface area is 202 Å². The molecule has 0 radical (unpaired) electrons. The standard InChI is InChI=1S/C23H44O11/c1-5-6-7-8-9-10-11-31-23-21(30-4)20(29-3)19(34-23)15(13-28-2)32-22-17(27)16(26)18(33-22)14(25)12-24/h14-27H,5-13H2,1-4H3/t14-,15+,16-,17-,18+,19?,20+,21-,22-,23-/m0/s1. The van der Waals surface area contributed by atoms with Gasteiger partial charge in [-0.1, -0.05) is 39.0 Å². The first-order chi connectivity index (χ1) is 16.4. The lowest BCUT2D eigenvalue weighted by Crippen LogP contribution is -2.47. The number of unbranched alkanes of at least 4 members (excludes halogenated alkanes) is 5. The van der Waals surface area contributed by atoms with E-state index in [-0.39, 0.29) is 6.61 Å². The Morgan fingerprint density at radius 2 is 1.47 bits per heavy atom. The van der Waals surface area contributed by atoms with E-state index in [1.54, 1.807) is 7.11 Å². The van der Waals surface area contributed by atoms with E-state index in [9.17, 15) is 20.4 Å². The first kappa shape index (κ1) is 29.8. The van der Waals surface area contributed by atoms with E-state index >= 15 is 0 Å². The van der Waals surface area contributed by atoms with E-state index in [1.165, 1.54) is 39.9 Å². The third-order valence-corrected chi connectivity index (χ3v) is 6.36. The minimum absolute atomic E-state index is 0.0704. The number of hydrogen-bond donors (Lipinski definition) is 4. The molecule has 11 nitrogen and oxygen atoms in total. The summed E-state index contributed by atoms with van der Waals surface area (Å²) in [6, 6.07) is 0. The van der Waals surface area contributed by atoms with Gasteiger partial charge in [0.15, 0.2) is 12.6 Å². The van der Waals surface area contributed by atoms with Crippen LogP contribution in [0.4, 0.5) is 0 Å². The molecule has 2 saturated heterocycles. The quantitative estimate of drug-likeness (QED) is 0.201. The monoisotopic (exact) mass is 496 g/mol. The first-order valence-electron chi connectivity index (χ1n) is 12.2. The van der Waals surface area contributed by atoms with Gasteiger partial charge >= 0.3 is 0 Å². The third-order valence-electron chi connectivity index (χ3n) is 6.36. The fourth-order valence-electron chi connectivity index (χ4n) is 4.43. The Bertz CT molecular complexity index is 539. The average Bonchev–Trinajstić information content (AvgIpc) is 3.34. The van der Waals surface area contributed by atoms with E-state index in [4.69, 9.17) is 33.2 Å². The van der Waals surface area contributed by atoms with Gasteiger partial charge < -0.3 is 53.6 Å². The predicted molar refractivity (Wildman–Crippen MR) is 120 cm³/mol. The fourth-order valence-corrected chi connectivity index (χ4v) is 4.43. The highest BCUT2D eigenvalue weighted by Crippen LogP contribution is 2.33. The summed E-state index contributed by atoms with van der Waals surface area (Å²) in [4.78, 5) is 0. The molecule has 202 valence electrons. The second-order valence-corrected chi connectivity index (χ2v) is 8.84. The molecule has 0 aromatic rings. The maximum absolute atomic E-state index is 10.4. The first-order valence-corrected chi connectivity index (χ1v) is 12.2. The van der Waals surface area contributed by atoms with Crippen LogP contribution in [0.1, 0.15) is 45.4 Å². The van der Waals surface area contributed by atoms with E-state index in [0.29, 0.717) is 6.61 Å². The summed E-state index contributed by atoms with van der Waals surface area (Å²) in [7, 11) is 4.58. The molecule has 10 atom stereocenters. The smallest absolute Gasteiger partial charge is 0.187 e. The fraction of sp³-hybridized carbons (Fsp3) is 1.00. The zero-order valence-corrected chi connectivity index (χ0v) is 20.8. The van der Waals surface area contributed by atoms with Crippen LogP contribution in [0, 0.1) is 0 Å². The zero-order valence-electron chi connectivity index (χ0n) is 20.8. The molecular weight excluding hydrogens is 452 g/mol. The SMILES string of the molecule is CCCCCCCCO[C@H]1OC([C@@H](COC)O[C@H]2O[C@H]([C@@H](O)CO)[C@@H](O)[C@@H]2O)[C@@H](OC)[C@@H]1OC. The lowest BCUT2D eigenvalue weighted by Gasteiger charge is -2.30. The van der Waals surface area contributed by atoms with Gasteiger partial charge in [-0.15, -0.1) is 0 Å². The highest BCUT2D eigenvalue weighted by molar-refractivity contribution is 4.96. The summed E-state index contributed by atoms with van der Waals surface area (Å²) < 4.78 is 40.1. The van der Waals surface area contributed by atoms with Crippen molar-refractivity contribution in [2.24, 2.45) is 0 Å². The molecule has 0 aliphatic carbocycles. The van der Waals surface area contributed by atoms with Crippen LogP contribution in [0.3, 0.4) is 0 Å². The van der Waals surface area contributed by atoms with Crippen LogP contribution in [-0.2, 0) is 33.2 Å². The van der Waals surface area contributed by atoms with Gasteiger partial charge in [0, 0.05) is 27.9 Å². The van der Waals surface area contributed by atoms with Gasteiger partial charge in [-0.3, -0.25) is 0 Å². The van der Waals surface area contributed by atoms with Crippen molar-refractivity contribution in [3.8, 4) is 0 Å². The molecule has 11 heteroatoms. The van der Waals surface area contributed by atoms with Crippen LogP contribution < -0.4 is 0 Å². The maximum Gasteiger partial charge on any atom is 0.187 e. The van der Waals surface area contributed by atoms with Crippen molar-refractivity contribution in [3.63, 3.8) is 0 Å². The van der Waals surface area contributed by atoms with Gasteiger partial charge in [0.2, 0.25) is 0 Å². The number of aliphatic hydroxyl groups is 4. The van der Waals surface area contributed by atoms with Gasteiger partial charge in [-0.25, -0.2) is 0 Å². The largest absolute Gasteiger partial charge is 0.394 e. The molecule has 0 aromatic carbocycles. The van der Waals surface area contributed by atoms with Crippen LogP contribution in [-0.4, -0.2) is 123 Å². The van der Waals surface area contributed by atoms with Crippen molar-refractivity contribution in [2.45, 2.75) is 107 Å². The molecule has 2 fully saturated rings. The van der Waals surface area contributed by atoms with Crippen LogP contribution >= 0.6 is 0 Å². The summed E-state index contributed by atoms with van der Waals surface area (Å²) in [5, 5.41) is 39.6. The van der Waals surface area contributed by atoms with E-state index in [0.717, 1.165) is 12.8 Å². The summed E-state index contributed by atoms with van der Waals surface area (Å²) in [6.07, 6.45) is -3.07. The lowest BCUT2D eigenvalue weighted by molar-refractivity contribution is -0.245. The van der Waals surface area contributed by atoms with Crippen molar-refractivity contribution >= 4 is 0 Å². The Hall–Kier alpha value is -0.440. The molecule has 34 heavy (non-hydrogen) atoms. The van der Waals surface area contributed by atoms with Crippen molar-refractivity contribution in [1.82, 2.24) is 0 Å². The minimum atomic E-state index is -1.44. The molecule has 1 unspecified atom stereocenters. The third kappa shape index (κ3) is 7.78. The molecule has 0 saturated carbocycles. The second kappa shape index (κ2) is 15.6. The Kier molecular flexibility index (Phi) is 13.7. The molecule has 0 bridgehead atoms. The van der Waals surface area contributed by atoms with Crippen LogP contribution in [0.25, 0.3) is 0 Å². The summed E-state index contributed by atoms with van der Waals surface area (Å²) in [6.45, 7) is 2.15. The normalized spacial score (nSPS) is 35.6. The van der Waals surface area contributed by atoms with Crippen molar-refractivity contribution in [2.75, 3.05) is 41.2 Å². The Morgan fingerprint density at radius 3 is 2.09 bits per heavy atom. The Balaban J connectivity index is 1.99. The van der Waals surface area contributed by atoms with Gasteiger partial charge in [-0.2, -0.15) is 0 Å². The zero-order chi connectivity index (χ0) is 25.1. The van der Waals surface area contributed by atoms with Gasteiger partial charge in [0.25, 0.3) is 0 Å². The average molecular weight is 497 g/mol. The lowest BCUT2D eigenvalue weighted by atomic mass is 10.0. The van der Waals surface area contributed by atoms with Gasteiger partial charge in [0.1, 0.15) is 48.8 Å².